The van der Waals surface area contributed by atoms with Gasteiger partial charge in [-0.25, -0.2) is 0 Å². The minimum atomic E-state index is -0.206. The Bertz CT molecular complexity index is 688. The molecular formula is C15H14N2O. The number of benzene rings is 1. The van der Waals surface area contributed by atoms with E-state index in [0.29, 0.717) is 0 Å². The minimum absolute atomic E-state index is 0.206. The zero-order chi connectivity index (χ0) is 12.5. The van der Waals surface area contributed by atoms with Gasteiger partial charge in [-0.05, 0) is 30.2 Å². The Balaban J connectivity index is 2.13. The van der Waals surface area contributed by atoms with Crippen LogP contribution in [0.4, 0.5) is 0 Å². The van der Waals surface area contributed by atoms with Gasteiger partial charge < -0.3 is 10.2 Å². The van der Waals surface area contributed by atoms with Crippen LogP contribution in [0.3, 0.4) is 0 Å². The maximum Gasteiger partial charge on any atom is 0.134 e. The number of aromatic nitrogens is 1. The Labute approximate surface area is 105 Å². The van der Waals surface area contributed by atoms with Gasteiger partial charge >= 0.3 is 0 Å². The quantitative estimate of drug-likeness (QED) is 0.746. The molecule has 3 heteroatoms. The Hall–Kier alpha value is -2.13. The van der Waals surface area contributed by atoms with E-state index < -0.39 is 0 Å². The van der Waals surface area contributed by atoms with Gasteiger partial charge in [0.1, 0.15) is 5.58 Å². The van der Waals surface area contributed by atoms with Crippen LogP contribution in [0.15, 0.2) is 53.4 Å². The summed E-state index contributed by atoms with van der Waals surface area (Å²) in [6.07, 6.45) is 5.34. The van der Waals surface area contributed by atoms with Crippen LogP contribution in [-0.2, 0) is 0 Å². The van der Waals surface area contributed by atoms with Crippen molar-refractivity contribution in [3.05, 3.63) is 65.7 Å². The molecule has 3 rings (SSSR count). The molecule has 0 aliphatic rings. The Kier molecular flexibility index (Phi) is 2.61. The van der Waals surface area contributed by atoms with Gasteiger partial charge in [-0.1, -0.05) is 18.2 Å². The highest BCUT2D eigenvalue weighted by Gasteiger charge is 2.16. The molecule has 1 atom stereocenters. The fourth-order valence-electron chi connectivity index (χ4n) is 2.21. The lowest BCUT2D eigenvalue weighted by Gasteiger charge is -2.12. The fraction of sp³-hybridized carbons (Fsp3) is 0.133. The van der Waals surface area contributed by atoms with Crippen molar-refractivity contribution < 1.29 is 4.42 Å². The lowest BCUT2D eigenvalue weighted by Crippen LogP contribution is -2.13. The van der Waals surface area contributed by atoms with E-state index in [4.69, 9.17) is 10.2 Å². The van der Waals surface area contributed by atoms with Crippen molar-refractivity contribution in [2.45, 2.75) is 13.0 Å². The van der Waals surface area contributed by atoms with Crippen LogP contribution in [0.5, 0.6) is 0 Å². The lowest BCUT2D eigenvalue weighted by atomic mass is 9.97. The van der Waals surface area contributed by atoms with Gasteiger partial charge in [-0.2, -0.15) is 0 Å². The molecule has 1 unspecified atom stereocenters. The van der Waals surface area contributed by atoms with Crippen molar-refractivity contribution in [3.8, 4) is 0 Å². The van der Waals surface area contributed by atoms with E-state index in [1.165, 1.54) is 0 Å². The molecule has 18 heavy (non-hydrogen) atoms. The molecule has 0 aliphatic carbocycles. The number of hydrogen-bond donors (Lipinski definition) is 1. The molecule has 0 radical (unpaired) electrons. The highest BCUT2D eigenvalue weighted by Crippen LogP contribution is 2.29. The first-order valence-electron chi connectivity index (χ1n) is 5.89. The minimum Gasteiger partial charge on any atom is -0.464 e. The molecule has 0 saturated heterocycles. The summed E-state index contributed by atoms with van der Waals surface area (Å²) in [4.78, 5) is 4.15. The number of nitrogens with zero attached hydrogens (tertiary/aromatic N) is 1. The SMILES string of the molecule is Cc1ccncc1C(N)c1coc2ccccc12. The molecule has 0 saturated carbocycles. The second kappa shape index (κ2) is 4.27. The monoisotopic (exact) mass is 238 g/mol. The molecule has 0 spiro atoms. The summed E-state index contributed by atoms with van der Waals surface area (Å²) in [6, 6.07) is 9.68. The van der Waals surface area contributed by atoms with Crippen molar-refractivity contribution in [1.29, 1.82) is 0 Å². The van der Waals surface area contributed by atoms with E-state index in [9.17, 15) is 0 Å². The second-order valence-corrected chi connectivity index (χ2v) is 4.40. The molecular weight excluding hydrogens is 224 g/mol. The van der Waals surface area contributed by atoms with E-state index in [1.54, 1.807) is 12.5 Å². The third-order valence-corrected chi connectivity index (χ3v) is 3.26. The van der Waals surface area contributed by atoms with E-state index in [2.05, 4.69) is 4.98 Å². The molecule has 0 aliphatic heterocycles. The van der Waals surface area contributed by atoms with Crippen molar-refractivity contribution in [2.75, 3.05) is 0 Å². The molecule has 0 fully saturated rings. The van der Waals surface area contributed by atoms with Gasteiger partial charge in [0.05, 0.1) is 12.3 Å². The lowest BCUT2D eigenvalue weighted by molar-refractivity contribution is 0.607. The normalized spacial score (nSPS) is 12.8. The average molecular weight is 238 g/mol. The van der Waals surface area contributed by atoms with Crippen LogP contribution in [0, 0.1) is 6.92 Å². The summed E-state index contributed by atoms with van der Waals surface area (Å²) >= 11 is 0. The van der Waals surface area contributed by atoms with Gasteiger partial charge in [0, 0.05) is 23.3 Å². The van der Waals surface area contributed by atoms with E-state index >= 15 is 0 Å². The van der Waals surface area contributed by atoms with E-state index in [1.807, 2.05) is 43.5 Å². The summed E-state index contributed by atoms with van der Waals surface area (Å²) in [5.41, 5.74) is 10.4. The smallest absolute Gasteiger partial charge is 0.134 e. The molecule has 1 aromatic carbocycles. The number of para-hydroxylation sites is 1. The predicted octanol–water partition coefficient (Wildman–Crippen LogP) is 3.18. The summed E-state index contributed by atoms with van der Waals surface area (Å²) in [7, 11) is 0. The Morgan fingerprint density at radius 3 is 2.83 bits per heavy atom. The second-order valence-electron chi connectivity index (χ2n) is 4.40. The third-order valence-electron chi connectivity index (χ3n) is 3.26. The van der Waals surface area contributed by atoms with Crippen molar-refractivity contribution >= 4 is 11.0 Å². The van der Waals surface area contributed by atoms with Crippen LogP contribution in [0.25, 0.3) is 11.0 Å². The summed E-state index contributed by atoms with van der Waals surface area (Å²) in [5.74, 6) is 0. The van der Waals surface area contributed by atoms with Crippen LogP contribution in [0.1, 0.15) is 22.7 Å². The fourth-order valence-corrected chi connectivity index (χ4v) is 2.21. The third kappa shape index (κ3) is 1.69. The first-order chi connectivity index (χ1) is 8.77. The first kappa shape index (κ1) is 11.0. The number of pyridine rings is 1. The molecule has 0 amide bonds. The molecule has 0 bridgehead atoms. The standard InChI is InChI=1S/C15H14N2O/c1-10-6-7-17-8-12(10)15(16)13-9-18-14-5-3-2-4-11(13)14/h2-9,15H,16H2,1H3. The number of fused-ring (bicyclic) bond motifs is 1. The van der Waals surface area contributed by atoms with Crippen LogP contribution < -0.4 is 5.73 Å². The van der Waals surface area contributed by atoms with Crippen molar-refractivity contribution in [2.24, 2.45) is 5.73 Å². The Morgan fingerprint density at radius 1 is 1.17 bits per heavy atom. The first-order valence-corrected chi connectivity index (χ1v) is 5.89. The molecule has 90 valence electrons. The number of furan rings is 1. The summed E-state index contributed by atoms with van der Waals surface area (Å²) < 4.78 is 5.53. The largest absolute Gasteiger partial charge is 0.464 e. The molecule has 3 aromatic rings. The molecule has 2 heterocycles. The zero-order valence-corrected chi connectivity index (χ0v) is 10.1. The van der Waals surface area contributed by atoms with Gasteiger partial charge in [0.25, 0.3) is 0 Å². The zero-order valence-electron chi connectivity index (χ0n) is 10.1. The van der Waals surface area contributed by atoms with Crippen LogP contribution in [-0.4, -0.2) is 4.98 Å². The predicted molar refractivity (Wildman–Crippen MR) is 71.2 cm³/mol. The average Bonchev–Trinajstić information content (AvgIpc) is 2.82. The molecule has 3 nitrogen and oxygen atoms in total. The van der Waals surface area contributed by atoms with E-state index in [-0.39, 0.29) is 6.04 Å². The number of rotatable bonds is 2. The number of hydrogen-bond acceptors (Lipinski definition) is 3. The summed E-state index contributed by atoms with van der Waals surface area (Å²) in [6.45, 7) is 2.04. The summed E-state index contributed by atoms with van der Waals surface area (Å²) in [5, 5.41) is 1.06. The molecule has 2 aromatic heterocycles. The maximum atomic E-state index is 6.33. The molecule has 2 N–H and O–H groups in total. The van der Waals surface area contributed by atoms with Crippen LogP contribution >= 0.6 is 0 Å². The highest BCUT2D eigenvalue weighted by atomic mass is 16.3. The van der Waals surface area contributed by atoms with Crippen molar-refractivity contribution in [1.82, 2.24) is 4.98 Å². The topological polar surface area (TPSA) is 52.0 Å². The highest BCUT2D eigenvalue weighted by molar-refractivity contribution is 5.81. The Morgan fingerprint density at radius 2 is 2.00 bits per heavy atom. The number of nitrogens with two attached hydrogens (primary N) is 1. The van der Waals surface area contributed by atoms with Gasteiger partial charge in [-0.15, -0.1) is 0 Å². The van der Waals surface area contributed by atoms with Crippen molar-refractivity contribution in [3.63, 3.8) is 0 Å². The van der Waals surface area contributed by atoms with Gasteiger partial charge in [0.15, 0.2) is 0 Å². The van der Waals surface area contributed by atoms with Crippen LogP contribution in [0.2, 0.25) is 0 Å². The number of aryl methyl sites for hydroxylation is 1. The van der Waals surface area contributed by atoms with Gasteiger partial charge in [0.2, 0.25) is 0 Å². The maximum absolute atomic E-state index is 6.33. The van der Waals surface area contributed by atoms with E-state index in [0.717, 1.165) is 27.7 Å². The van der Waals surface area contributed by atoms with Gasteiger partial charge in [-0.3, -0.25) is 4.98 Å².